The average molecular weight is 424 g/mol. The second kappa shape index (κ2) is 10.8. The Bertz CT molecular complexity index is 1040. The number of ether oxygens (including phenoxy) is 3. The summed E-state index contributed by atoms with van der Waals surface area (Å²) in [6.45, 7) is 0.962. The molecule has 2 aromatic carbocycles. The normalized spacial score (nSPS) is 11.0. The van der Waals surface area contributed by atoms with Gasteiger partial charge in [0.1, 0.15) is 11.6 Å². The molecule has 8 heteroatoms. The number of pyridine rings is 1. The van der Waals surface area contributed by atoms with Crippen LogP contribution < -0.4 is 24.8 Å². The van der Waals surface area contributed by atoms with Crippen LogP contribution in [0, 0.1) is 5.82 Å². The highest BCUT2D eigenvalue weighted by molar-refractivity contribution is 5.79. The van der Waals surface area contributed by atoms with E-state index in [1.807, 2.05) is 30.3 Å². The number of nitrogens with one attached hydrogen (secondary N) is 2. The van der Waals surface area contributed by atoms with Crippen LogP contribution in [-0.4, -0.2) is 32.2 Å². The molecule has 0 radical (unpaired) electrons. The fourth-order valence-electron chi connectivity index (χ4n) is 2.87. The van der Waals surface area contributed by atoms with Crippen LogP contribution in [0.2, 0.25) is 0 Å². The molecule has 0 atom stereocenters. The Balaban J connectivity index is 1.61. The summed E-state index contributed by atoms with van der Waals surface area (Å²) in [5, 5.41) is 6.49. The zero-order valence-corrected chi connectivity index (χ0v) is 17.7. The summed E-state index contributed by atoms with van der Waals surface area (Å²) in [4.78, 5) is 8.51. The quantitative estimate of drug-likeness (QED) is 0.422. The monoisotopic (exact) mass is 424 g/mol. The van der Waals surface area contributed by atoms with Crippen molar-refractivity contribution >= 4 is 5.96 Å². The summed E-state index contributed by atoms with van der Waals surface area (Å²) in [6, 6.07) is 15.4. The lowest BCUT2D eigenvalue weighted by Crippen LogP contribution is -2.36. The molecule has 31 heavy (non-hydrogen) atoms. The van der Waals surface area contributed by atoms with Gasteiger partial charge in [-0.25, -0.2) is 9.37 Å². The van der Waals surface area contributed by atoms with Crippen LogP contribution in [-0.2, 0) is 13.1 Å². The molecule has 0 bridgehead atoms. The standard InChI is InChI=1S/C23H25FN4O3/c1-25-23(27-14-16-9-10-20(29-2)21(12-16)30-3)28-15-17-6-5-11-26-22(17)31-19-8-4-7-18(24)13-19/h4-13H,14-15H2,1-3H3,(H2,25,27,28). The molecule has 1 heterocycles. The van der Waals surface area contributed by atoms with Crippen LogP contribution in [0.25, 0.3) is 0 Å². The van der Waals surface area contributed by atoms with Crippen LogP contribution in [0.15, 0.2) is 65.8 Å². The van der Waals surface area contributed by atoms with E-state index in [1.54, 1.807) is 39.6 Å². The summed E-state index contributed by atoms with van der Waals surface area (Å²) in [7, 11) is 4.90. The number of hydrogen-bond donors (Lipinski definition) is 2. The number of hydrogen-bond acceptors (Lipinski definition) is 5. The SMILES string of the molecule is CN=C(NCc1ccc(OC)c(OC)c1)NCc1cccnc1Oc1cccc(F)c1. The van der Waals surface area contributed by atoms with Crippen molar-refractivity contribution in [3.8, 4) is 23.1 Å². The number of benzene rings is 2. The summed E-state index contributed by atoms with van der Waals surface area (Å²) in [6.07, 6.45) is 1.63. The topological polar surface area (TPSA) is 77.0 Å². The molecule has 0 amide bonds. The number of halogens is 1. The molecule has 162 valence electrons. The summed E-state index contributed by atoms with van der Waals surface area (Å²) in [5.41, 5.74) is 1.82. The molecule has 0 aliphatic heterocycles. The summed E-state index contributed by atoms with van der Waals surface area (Å²) in [5.74, 6) is 2.37. The second-order valence-electron chi connectivity index (χ2n) is 6.50. The molecular formula is C23H25FN4O3. The fraction of sp³-hybridized carbons (Fsp3) is 0.217. The molecular weight excluding hydrogens is 399 g/mol. The number of rotatable bonds is 8. The minimum atomic E-state index is -0.368. The Morgan fingerprint density at radius 1 is 0.968 bits per heavy atom. The Morgan fingerprint density at radius 3 is 2.52 bits per heavy atom. The van der Waals surface area contributed by atoms with Crippen molar-refractivity contribution in [1.82, 2.24) is 15.6 Å². The van der Waals surface area contributed by atoms with E-state index in [-0.39, 0.29) is 5.82 Å². The highest BCUT2D eigenvalue weighted by atomic mass is 19.1. The predicted molar refractivity (Wildman–Crippen MR) is 117 cm³/mol. The minimum Gasteiger partial charge on any atom is -0.493 e. The van der Waals surface area contributed by atoms with Crippen molar-refractivity contribution in [3.63, 3.8) is 0 Å². The lowest BCUT2D eigenvalue weighted by atomic mass is 10.2. The van der Waals surface area contributed by atoms with Gasteiger partial charge in [0.05, 0.1) is 14.2 Å². The second-order valence-corrected chi connectivity index (χ2v) is 6.50. The van der Waals surface area contributed by atoms with Gasteiger partial charge in [-0.15, -0.1) is 0 Å². The molecule has 1 aromatic heterocycles. The molecule has 0 unspecified atom stereocenters. The fourth-order valence-corrected chi connectivity index (χ4v) is 2.87. The van der Waals surface area contributed by atoms with E-state index in [1.165, 1.54) is 12.1 Å². The molecule has 0 aliphatic carbocycles. The molecule has 0 aliphatic rings. The van der Waals surface area contributed by atoms with Gasteiger partial charge in [-0.05, 0) is 35.9 Å². The van der Waals surface area contributed by atoms with Gasteiger partial charge in [0.25, 0.3) is 0 Å². The Kier molecular flexibility index (Phi) is 7.64. The maximum absolute atomic E-state index is 13.4. The smallest absolute Gasteiger partial charge is 0.224 e. The van der Waals surface area contributed by atoms with Crippen molar-refractivity contribution in [2.75, 3.05) is 21.3 Å². The Hall–Kier alpha value is -3.81. The van der Waals surface area contributed by atoms with Gasteiger partial charge in [-0.3, -0.25) is 4.99 Å². The molecule has 0 spiro atoms. The molecule has 3 aromatic rings. The van der Waals surface area contributed by atoms with Crippen LogP contribution in [0.1, 0.15) is 11.1 Å². The van der Waals surface area contributed by atoms with Crippen molar-refractivity contribution in [1.29, 1.82) is 0 Å². The molecule has 3 rings (SSSR count). The highest BCUT2D eigenvalue weighted by Crippen LogP contribution is 2.27. The van der Waals surface area contributed by atoms with Gasteiger partial charge < -0.3 is 24.8 Å². The zero-order valence-electron chi connectivity index (χ0n) is 17.7. The molecule has 0 saturated carbocycles. The third-order valence-corrected chi connectivity index (χ3v) is 4.44. The van der Waals surface area contributed by atoms with Gasteiger partial charge in [-0.1, -0.05) is 18.2 Å². The summed E-state index contributed by atoms with van der Waals surface area (Å²) < 4.78 is 29.8. The Morgan fingerprint density at radius 2 is 1.77 bits per heavy atom. The van der Waals surface area contributed by atoms with Crippen molar-refractivity contribution in [3.05, 3.63) is 77.7 Å². The van der Waals surface area contributed by atoms with Gasteiger partial charge in [-0.2, -0.15) is 0 Å². The van der Waals surface area contributed by atoms with Gasteiger partial charge in [0.2, 0.25) is 5.88 Å². The van der Waals surface area contributed by atoms with Gasteiger partial charge >= 0.3 is 0 Å². The maximum Gasteiger partial charge on any atom is 0.224 e. The van der Waals surface area contributed by atoms with Crippen LogP contribution in [0.3, 0.4) is 0 Å². The Labute approximate surface area is 180 Å². The number of methoxy groups -OCH3 is 2. The van der Waals surface area contributed by atoms with E-state index in [4.69, 9.17) is 14.2 Å². The predicted octanol–water partition coefficient (Wildman–Crippen LogP) is 3.90. The summed E-state index contributed by atoms with van der Waals surface area (Å²) >= 11 is 0. The van der Waals surface area contributed by atoms with Crippen molar-refractivity contribution in [2.45, 2.75) is 13.1 Å². The largest absolute Gasteiger partial charge is 0.493 e. The molecule has 2 N–H and O–H groups in total. The number of aromatic nitrogens is 1. The lowest BCUT2D eigenvalue weighted by molar-refractivity contribution is 0.354. The van der Waals surface area contributed by atoms with Gasteiger partial charge in [0.15, 0.2) is 17.5 Å². The third-order valence-electron chi connectivity index (χ3n) is 4.44. The maximum atomic E-state index is 13.4. The number of aliphatic imine (C=N–C) groups is 1. The average Bonchev–Trinajstić information content (AvgIpc) is 2.80. The van der Waals surface area contributed by atoms with Crippen LogP contribution in [0.4, 0.5) is 4.39 Å². The third kappa shape index (κ3) is 6.08. The van der Waals surface area contributed by atoms with Crippen LogP contribution >= 0.6 is 0 Å². The van der Waals surface area contributed by atoms with Crippen LogP contribution in [0.5, 0.6) is 23.1 Å². The first kappa shape index (κ1) is 21.9. The molecule has 0 saturated heterocycles. The van der Waals surface area contributed by atoms with Gasteiger partial charge in [0, 0.05) is 38.0 Å². The molecule has 7 nitrogen and oxygen atoms in total. The first-order valence-corrected chi connectivity index (χ1v) is 9.65. The van der Waals surface area contributed by atoms with E-state index >= 15 is 0 Å². The minimum absolute atomic E-state index is 0.368. The first-order valence-electron chi connectivity index (χ1n) is 9.65. The first-order chi connectivity index (χ1) is 15.1. The van der Waals surface area contributed by atoms with Crippen molar-refractivity contribution < 1.29 is 18.6 Å². The van der Waals surface area contributed by atoms with E-state index < -0.39 is 0 Å². The van der Waals surface area contributed by atoms with E-state index in [0.717, 1.165) is 11.1 Å². The van der Waals surface area contributed by atoms with E-state index in [9.17, 15) is 4.39 Å². The number of guanidine groups is 1. The van der Waals surface area contributed by atoms with E-state index in [0.29, 0.717) is 42.2 Å². The van der Waals surface area contributed by atoms with Crippen molar-refractivity contribution in [2.24, 2.45) is 4.99 Å². The molecule has 0 fully saturated rings. The van der Waals surface area contributed by atoms with E-state index in [2.05, 4.69) is 20.6 Å². The highest BCUT2D eigenvalue weighted by Gasteiger charge is 2.09. The number of nitrogens with zero attached hydrogens (tertiary/aromatic N) is 2. The lowest BCUT2D eigenvalue weighted by Gasteiger charge is -2.15. The zero-order chi connectivity index (χ0) is 22.1.